The molecule has 2 aromatic carbocycles. The molecule has 0 unspecified atom stereocenters. The number of rotatable bonds is 12. The Bertz CT molecular complexity index is 722. The summed E-state index contributed by atoms with van der Waals surface area (Å²) in [4.78, 5) is 24.2. The fraction of sp³-hybridized carbons (Fsp3) is 0.417. The topological polar surface area (TPSA) is 64.6 Å². The Balaban J connectivity index is 1.85. The Morgan fingerprint density at radius 1 is 0.759 bits per heavy atom. The summed E-state index contributed by atoms with van der Waals surface area (Å²) in [6, 6.07) is 14.9. The van der Waals surface area contributed by atoms with Gasteiger partial charge in [0.1, 0.15) is 0 Å². The molecule has 5 heteroatoms. The molecule has 5 nitrogen and oxygen atoms in total. The van der Waals surface area contributed by atoms with Crippen molar-refractivity contribution in [3.05, 3.63) is 70.8 Å². The van der Waals surface area contributed by atoms with Crippen LogP contribution < -0.4 is 5.32 Å². The van der Waals surface area contributed by atoms with Crippen molar-refractivity contribution in [2.45, 2.75) is 52.6 Å². The van der Waals surface area contributed by atoms with Gasteiger partial charge in [0.15, 0.2) is 0 Å². The van der Waals surface area contributed by atoms with Crippen LogP contribution in [-0.4, -0.2) is 25.2 Å². The van der Waals surface area contributed by atoms with E-state index in [0.29, 0.717) is 37.4 Å². The monoisotopic (exact) mass is 397 g/mol. The summed E-state index contributed by atoms with van der Waals surface area (Å²) >= 11 is 0. The molecule has 1 N–H and O–H groups in total. The maximum Gasteiger partial charge on any atom is 0.338 e. The first kappa shape index (κ1) is 22.6. The van der Waals surface area contributed by atoms with Crippen molar-refractivity contribution in [3.8, 4) is 0 Å². The van der Waals surface area contributed by atoms with Crippen LogP contribution in [0.1, 0.15) is 71.4 Å². The highest BCUT2D eigenvalue weighted by molar-refractivity contribution is 5.90. The summed E-state index contributed by atoms with van der Waals surface area (Å²) in [5, 5.41) is 3.35. The molecule has 0 radical (unpaired) electrons. The third kappa shape index (κ3) is 8.08. The van der Waals surface area contributed by atoms with Crippen molar-refractivity contribution < 1.29 is 19.1 Å². The number of esters is 2. The summed E-state index contributed by atoms with van der Waals surface area (Å²) < 4.78 is 10.5. The van der Waals surface area contributed by atoms with E-state index in [-0.39, 0.29) is 11.9 Å². The minimum Gasteiger partial charge on any atom is -0.462 e. The molecule has 2 rings (SSSR count). The first-order chi connectivity index (χ1) is 14.1. The third-order valence-electron chi connectivity index (χ3n) is 4.45. The summed E-state index contributed by atoms with van der Waals surface area (Å²) in [5.41, 5.74) is 3.14. The maximum absolute atomic E-state index is 12.1. The number of ether oxygens (including phenoxy) is 2. The average Bonchev–Trinajstić information content (AvgIpc) is 2.74. The normalized spacial score (nSPS) is 10.6. The summed E-state index contributed by atoms with van der Waals surface area (Å²) in [5.74, 6) is -0.566. The van der Waals surface area contributed by atoms with Crippen molar-refractivity contribution in [1.29, 1.82) is 0 Å². The van der Waals surface area contributed by atoms with Gasteiger partial charge in [-0.05, 0) is 48.2 Å². The highest BCUT2D eigenvalue weighted by atomic mass is 16.5. The van der Waals surface area contributed by atoms with Gasteiger partial charge in [-0.15, -0.1) is 0 Å². The Morgan fingerprint density at radius 2 is 1.21 bits per heavy atom. The molecule has 0 aliphatic carbocycles. The molecule has 0 aliphatic heterocycles. The van der Waals surface area contributed by atoms with Gasteiger partial charge in [-0.2, -0.15) is 0 Å². The van der Waals surface area contributed by atoms with E-state index >= 15 is 0 Å². The lowest BCUT2D eigenvalue weighted by atomic mass is 10.1. The minimum absolute atomic E-state index is 0.283. The highest BCUT2D eigenvalue weighted by Gasteiger charge is 2.09. The van der Waals surface area contributed by atoms with Crippen molar-refractivity contribution in [1.82, 2.24) is 5.32 Å². The summed E-state index contributed by atoms with van der Waals surface area (Å²) in [6.45, 7) is 6.25. The zero-order valence-electron chi connectivity index (χ0n) is 17.4. The molecule has 2 aromatic rings. The van der Waals surface area contributed by atoms with Gasteiger partial charge in [0.05, 0.1) is 24.3 Å². The molecule has 0 amide bonds. The highest BCUT2D eigenvalue weighted by Crippen LogP contribution is 2.10. The second-order valence-corrected chi connectivity index (χ2v) is 6.98. The lowest BCUT2D eigenvalue weighted by Gasteiger charge is -2.09. The summed E-state index contributed by atoms with van der Waals surface area (Å²) in [6.07, 6.45) is 3.74. The Hall–Kier alpha value is -2.66. The van der Waals surface area contributed by atoms with E-state index in [2.05, 4.69) is 19.2 Å². The van der Waals surface area contributed by atoms with Crippen molar-refractivity contribution >= 4 is 11.9 Å². The minimum atomic E-state index is -0.283. The number of unbranched alkanes of at least 4 members (excludes halogenated alkanes) is 2. The fourth-order valence-corrected chi connectivity index (χ4v) is 2.75. The van der Waals surface area contributed by atoms with Crippen molar-refractivity contribution in [2.24, 2.45) is 0 Å². The molecule has 0 heterocycles. The van der Waals surface area contributed by atoms with Gasteiger partial charge in [0.25, 0.3) is 0 Å². The quantitative estimate of drug-likeness (QED) is 0.408. The van der Waals surface area contributed by atoms with Crippen LogP contribution in [-0.2, 0) is 22.6 Å². The van der Waals surface area contributed by atoms with E-state index in [0.717, 1.165) is 36.8 Å². The Labute approximate surface area is 173 Å². The van der Waals surface area contributed by atoms with Crippen LogP contribution in [0.4, 0.5) is 0 Å². The molecule has 0 atom stereocenters. The van der Waals surface area contributed by atoms with E-state index in [1.54, 1.807) is 12.1 Å². The van der Waals surface area contributed by atoms with E-state index in [4.69, 9.17) is 9.47 Å². The standard InChI is InChI=1S/C24H31NO4/c1-3-5-13-28-23(26)21-11-7-9-19(15-21)17-25-18-20-10-8-12-22(16-20)24(27)29-14-6-4-2/h7-12,15-16,25H,3-6,13-14,17-18H2,1-2H3. The van der Waals surface area contributed by atoms with E-state index in [1.807, 2.05) is 36.4 Å². The molecule has 0 saturated heterocycles. The van der Waals surface area contributed by atoms with E-state index in [1.165, 1.54) is 0 Å². The van der Waals surface area contributed by atoms with Gasteiger partial charge in [-0.3, -0.25) is 0 Å². The van der Waals surface area contributed by atoms with Crippen LogP contribution >= 0.6 is 0 Å². The molecule has 156 valence electrons. The van der Waals surface area contributed by atoms with Gasteiger partial charge < -0.3 is 14.8 Å². The molecule has 0 aromatic heterocycles. The summed E-state index contributed by atoms with van der Waals surface area (Å²) in [7, 11) is 0. The SMILES string of the molecule is CCCCOC(=O)c1cccc(CNCc2cccc(C(=O)OCCCC)c2)c1. The largest absolute Gasteiger partial charge is 0.462 e. The number of hydrogen-bond donors (Lipinski definition) is 1. The zero-order valence-corrected chi connectivity index (χ0v) is 17.4. The maximum atomic E-state index is 12.1. The van der Waals surface area contributed by atoms with Gasteiger partial charge in [0.2, 0.25) is 0 Å². The molecule has 0 spiro atoms. The fourth-order valence-electron chi connectivity index (χ4n) is 2.75. The van der Waals surface area contributed by atoms with E-state index < -0.39 is 0 Å². The average molecular weight is 398 g/mol. The van der Waals surface area contributed by atoms with Gasteiger partial charge in [-0.25, -0.2) is 9.59 Å². The number of carbonyl (C=O) groups is 2. The lowest BCUT2D eigenvalue weighted by molar-refractivity contribution is 0.0490. The molecule has 0 saturated carbocycles. The van der Waals surface area contributed by atoms with Crippen LogP contribution in [0.5, 0.6) is 0 Å². The van der Waals surface area contributed by atoms with Crippen LogP contribution in [0, 0.1) is 0 Å². The predicted molar refractivity (Wildman–Crippen MR) is 114 cm³/mol. The number of benzene rings is 2. The molecule has 0 fully saturated rings. The second kappa shape index (κ2) is 12.7. The predicted octanol–water partition coefficient (Wildman–Crippen LogP) is 4.89. The van der Waals surface area contributed by atoms with Crippen LogP contribution in [0.25, 0.3) is 0 Å². The lowest BCUT2D eigenvalue weighted by Crippen LogP contribution is -2.14. The van der Waals surface area contributed by atoms with E-state index in [9.17, 15) is 9.59 Å². The molecular formula is C24H31NO4. The Morgan fingerprint density at radius 3 is 1.62 bits per heavy atom. The number of nitrogens with one attached hydrogen (secondary N) is 1. The first-order valence-corrected chi connectivity index (χ1v) is 10.4. The molecule has 29 heavy (non-hydrogen) atoms. The Kier molecular flexibility index (Phi) is 9.93. The van der Waals surface area contributed by atoms with Crippen LogP contribution in [0.15, 0.2) is 48.5 Å². The zero-order chi connectivity index (χ0) is 20.9. The smallest absolute Gasteiger partial charge is 0.338 e. The molecule has 0 aliphatic rings. The molecular weight excluding hydrogens is 366 g/mol. The van der Waals surface area contributed by atoms with Crippen molar-refractivity contribution in [2.75, 3.05) is 13.2 Å². The molecule has 0 bridgehead atoms. The van der Waals surface area contributed by atoms with Crippen LogP contribution in [0.3, 0.4) is 0 Å². The van der Waals surface area contributed by atoms with Crippen LogP contribution in [0.2, 0.25) is 0 Å². The van der Waals surface area contributed by atoms with Crippen molar-refractivity contribution in [3.63, 3.8) is 0 Å². The second-order valence-electron chi connectivity index (χ2n) is 6.98. The van der Waals surface area contributed by atoms with Gasteiger partial charge >= 0.3 is 11.9 Å². The number of carbonyl (C=O) groups excluding carboxylic acids is 2. The first-order valence-electron chi connectivity index (χ1n) is 10.4. The van der Waals surface area contributed by atoms with Gasteiger partial charge in [0, 0.05) is 13.1 Å². The number of hydrogen-bond acceptors (Lipinski definition) is 5. The van der Waals surface area contributed by atoms with Gasteiger partial charge in [-0.1, -0.05) is 51.0 Å². The third-order valence-corrected chi connectivity index (χ3v) is 4.45.